The van der Waals surface area contributed by atoms with Crippen LogP contribution < -0.4 is 0 Å². The van der Waals surface area contributed by atoms with Crippen molar-refractivity contribution in [1.29, 1.82) is 0 Å². The molecule has 1 saturated heterocycles. The molecule has 8 nitrogen and oxygen atoms in total. The number of benzene rings is 3. The molecule has 0 saturated carbocycles. The van der Waals surface area contributed by atoms with Crippen LogP contribution in [0.2, 0.25) is 0 Å². The van der Waals surface area contributed by atoms with Crippen LogP contribution in [0.15, 0.2) is 91.0 Å². The Bertz CT molecular complexity index is 1210. The van der Waals surface area contributed by atoms with Crippen LogP contribution in [0.1, 0.15) is 44.9 Å². The van der Waals surface area contributed by atoms with E-state index in [0.717, 1.165) is 0 Å². The summed E-state index contributed by atoms with van der Waals surface area (Å²) in [5, 5.41) is 0. The van der Waals surface area contributed by atoms with Crippen molar-refractivity contribution in [2.45, 2.75) is 44.1 Å². The van der Waals surface area contributed by atoms with Gasteiger partial charge in [-0.2, -0.15) is 0 Å². The Kier molecular flexibility index (Phi) is 8.01. The van der Waals surface area contributed by atoms with E-state index in [4.69, 9.17) is 23.7 Å². The number of esters is 3. The van der Waals surface area contributed by atoms with Crippen LogP contribution in [0.3, 0.4) is 0 Å². The zero-order valence-electron chi connectivity index (χ0n) is 20.7. The summed E-state index contributed by atoms with van der Waals surface area (Å²) < 4.78 is 29.1. The Balaban J connectivity index is 1.69. The van der Waals surface area contributed by atoms with E-state index in [1.54, 1.807) is 105 Å². The van der Waals surface area contributed by atoms with Gasteiger partial charge >= 0.3 is 17.9 Å². The molecule has 1 heterocycles. The normalized spacial score (nSPS) is 22.5. The van der Waals surface area contributed by atoms with E-state index in [1.807, 2.05) is 0 Å². The molecule has 37 heavy (non-hydrogen) atoms. The highest BCUT2D eigenvalue weighted by Gasteiger charge is 2.56. The molecule has 4 atom stereocenters. The summed E-state index contributed by atoms with van der Waals surface area (Å²) in [4.78, 5) is 39.1. The van der Waals surface area contributed by atoms with Crippen molar-refractivity contribution < 1.29 is 38.1 Å². The van der Waals surface area contributed by atoms with Crippen molar-refractivity contribution in [3.05, 3.63) is 108 Å². The van der Waals surface area contributed by atoms with Crippen molar-refractivity contribution in [2.75, 3.05) is 7.11 Å². The van der Waals surface area contributed by atoms with Gasteiger partial charge in [0.05, 0.1) is 22.3 Å². The summed E-state index contributed by atoms with van der Waals surface area (Å²) in [6.07, 6.45) is -4.75. The van der Waals surface area contributed by atoms with E-state index in [9.17, 15) is 14.4 Å². The molecule has 192 valence electrons. The van der Waals surface area contributed by atoms with Crippen LogP contribution in [0.4, 0.5) is 0 Å². The maximum absolute atomic E-state index is 13.1. The van der Waals surface area contributed by atoms with Gasteiger partial charge in [-0.15, -0.1) is 0 Å². The lowest BCUT2D eigenvalue weighted by Gasteiger charge is -2.48. The zero-order valence-corrected chi connectivity index (χ0v) is 20.7. The maximum atomic E-state index is 13.1. The lowest BCUT2D eigenvalue weighted by molar-refractivity contribution is -0.310. The molecule has 0 bridgehead atoms. The summed E-state index contributed by atoms with van der Waals surface area (Å²) in [7, 11) is 1.44. The van der Waals surface area contributed by atoms with Gasteiger partial charge in [0.25, 0.3) is 0 Å². The number of hydrogen-bond donors (Lipinski definition) is 0. The van der Waals surface area contributed by atoms with Crippen LogP contribution in [0.25, 0.3) is 0 Å². The summed E-state index contributed by atoms with van der Waals surface area (Å²) >= 11 is 0. The largest absolute Gasteiger partial charge is 0.452 e. The first kappa shape index (κ1) is 26.1. The van der Waals surface area contributed by atoms with E-state index in [0.29, 0.717) is 5.56 Å². The average molecular weight is 505 g/mol. The van der Waals surface area contributed by atoms with Crippen LogP contribution in [-0.4, -0.2) is 55.2 Å². The number of carbonyl (C=O) groups is 3. The molecule has 3 aromatic carbocycles. The highest BCUT2D eigenvalue weighted by molar-refractivity contribution is 5.91. The van der Waals surface area contributed by atoms with E-state index < -0.39 is 48.1 Å². The van der Waals surface area contributed by atoms with Gasteiger partial charge in [0, 0.05) is 7.11 Å². The second-order valence-electron chi connectivity index (χ2n) is 8.99. The van der Waals surface area contributed by atoms with Gasteiger partial charge in [-0.05, 0) is 50.2 Å². The van der Waals surface area contributed by atoms with E-state index in [-0.39, 0.29) is 11.1 Å². The van der Waals surface area contributed by atoms with Gasteiger partial charge in [0.15, 0.2) is 6.10 Å². The highest BCUT2D eigenvalue weighted by Crippen LogP contribution is 2.36. The van der Waals surface area contributed by atoms with E-state index in [2.05, 4.69) is 0 Å². The molecule has 1 fully saturated rings. The topological polar surface area (TPSA) is 97.4 Å². The summed E-state index contributed by atoms with van der Waals surface area (Å²) in [5.41, 5.74) is -0.243. The molecule has 3 aromatic rings. The monoisotopic (exact) mass is 504 g/mol. The van der Waals surface area contributed by atoms with E-state index in [1.165, 1.54) is 7.11 Å². The minimum atomic E-state index is -1.39. The average Bonchev–Trinajstić information content (AvgIpc) is 2.91. The first-order chi connectivity index (χ1) is 17.8. The Morgan fingerprint density at radius 1 is 0.622 bits per heavy atom. The lowest BCUT2D eigenvalue weighted by Crippen LogP contribution is -2.65. The van der Waals surface area contributed by atoms with Gasteiger partial charge in [-0.1, -0.05) is 54.6 Å². The third kappa shape index (κ3) is 6.04. The van der Waals surface area contributed by atoms with Crippen LogP contribution in [-0.2, 0) is 23.7 Å². The fourth-order valence-corrected chi connectivity index (χ4v) is 4.20. The molecule has 1 aliphatic heterocycles. The van der Waals surface area contributed by atoms with Crippen molar-refractivity contribution in [3.63, 3.8) is 0 Å². The number of carbonyl (C=O) groups excluding carboxylic acids is 3. The third-order valence-corrected chi connectivity index (χ3v) is 5.99. The van der Waals surface area contributed by atoms with Gasteiger partial charge < -0.3 is 23.7 Å². The Morgan fingerprint density at radius 2 is 1.00 bits per heavy atom. The summed E-state index contributed by atoms with van der Waals surface area (Å²) in [6.45, 7) is 3.42. The van der Waals surface area contributed by atoms with Gasteiger partial charge in [-0.3, -0.25) is 0 Å². The first-order valence-electron chi connectivity index (χ1n) is 11.8. The minimum Gasteiger partial charge on any atom is -0.452 e. The van der Waals surface area contributed by atoms with Gasteiger partial charge in [0.2, 0.25) is 12.4 Å². The van der Waals surface area contributed by atoms with Crippen molar-refractivity contribution >= 4 is 17.9 Å². The van der Waals surface area contributed by atoms with Crippen molar-refractivity contribution in [2.24, 2.45) is 0 Å². The molecule has 0 radical (unpaired) electrons. The quantitative estimate of drug-likeness (QED) is 0.344. The molecular formula is C29H28O8. The van der Waals surface area contributed by atoms with Crippen molar-refractivity contribution in [1.82, 2.24) is 0 Å². The van der Waals surface area contributed by atoms with Gasteiger partial charge in [0.1, 0.15) is 6.10 Å². The molecule has 1 aliphatic rings. The van der Waals surface area contributed by atoms with E-state index >= 15 is 0 Å². The zero-order chi connectivity index (χ0) is 26.4. The van der Waals surface area contributed by atoms with Crippen molar-refractivity contribution in [3.8, 4) is 0 Å². The first-order valence-corrected chi connectivity index (χ1v) is 11.8. The fourth-order valence-electron chi connectivity index (χ4n) is 4.20. The lowest BCUT2D eigenvalue weighted by atomic mass is 9.89. The Hall–Kier alpha value is -4.01. The second kappa shape index (κ2) is 11.4. The van der Waals surface area contributed by atoms with Crippen LogP contribution >= 0.6 is 0 Å². The minimum absolute atomic E-state index is 0.266. The summed E-state index contributed by atoms with van der Waals surface area (Å²) in [6, 6.07) is 25.0. The van der Waals surface area contributed by atoms with Crippen LogP contribution in [0.5, 0.6) is 0 Å². The third-order valence-electron chi connectivity index (χ3n) is 5.99. The number of hydrogen-bond acceptors (Lipinski definition) is 8. The Morgan fingerprint density at radius 3 is 1.41 bits per heavy atom. The predicted molar refractivity (Wildman–Crippen MR) is 133 cm³/mol. The molecule has 0 aromatic heterocycles. The molecular weight excluding hydrogens is 476 g/mol. The second-order valence-corrected chi connectivity index (χ2v) is 8.99. The Labute approximate surface area is 215 Å². The molecule has 8 heteroatoms. The van der Waals surface area contributed by atoms with Gasteiger partial charge in [-0.25, -0.2) is 14.4 Å². The smallest absolute Gasteiger partial charge is 0.340 e. The standard InChI is InChI=1S/C29H28O8/c1-29(2)24(33-3)22(34-25(30)19-13-7-4-8-14-19)23(35-26(31)20-15-9-5-10-16-20)28(37-29)36-27(32)21-17-11-6-12-18-21/h4-18,22-24,28H,1-3H3/t22-,23+,24+,28+/m0/s1. The SMILES string of the molecule is CO[C@@H]1[C@@H](OC(=O)c2ccccc2)[C@@H](OC(=O)c2ccccc2)[C@H](OC(=O)c2ccccc2)OC1(C)C. The molecule has 0 amide bonds. The fraction of sp³-hybridized carbons (Fsp3) is 0.276. The molecule has 0 N–H and O–H groups in total. The number of rotatable bonds is 7. The molecule has 0 unspecified atom stereocenters. The molecule has 4 rings (SSSR count). The molecule has 0 spiro atoms. The highest BCUT2D eigenvalue weighted by atomic mass is 16.7. The number of methoxy groups -OCH3 is 1. The summed E-state index contributed by atoms with van der Waals surface area (Å²) in [5.74, 6) is -2.05. The number of ether oxygens (including phenoxy) is 5. The maximum Gasteiger partial charge on any atom is 0.340 e. The predicted octanol–water partition coefficient (Wildman–Crippen LogP) is 4.44. The van der Waals surface area contributed by atoms with Crippen LogP contribution in [0, 0.1) is 0 Å². The molecule has 0 aliphatic carbocycles.